The van der Waals surface area contributed by atoms with Crippen molar-refractivity contribution in [3.8, 4) is 0 Å². The van der Waals surface area contributed by atoms with Crippen molar-refractivity contribution in [2.45, 2.75) is 19.0 Å². The number of rotatable bonds is 6. The maximum absolute atomic E-state index is 12.2. The summed E-state index contributed by atoms with van der Waals surface area (Å²) in [6.07, 6.45) is 1.12. The van der Waals surface area contributed by atoms with Crippen LogP contribution in [0, 0.1) is 0 Å². The van der Waals surface area contributed by atoms with Crippen LogP contribution in [-0.4, -0.2) is 49.2 Å². The van der Waals surface area contributed by atoms with Crippen molar-refractivity contribution < 1.29 is 22.8 Å². The molecule has 9 heteroatoms. The normalized spacial score (nSPS) is 18.1. The molecule has 1 atom stereocenters. The largest absolute Gasteiger partial charge is 0.366 e. The van der Waals surface area contributed by atoms with Gasteiger partial charge in [-0.05, 0) is 24.1 Å². The topological polar surface area (TPSA) is 127 Å². The Kier molecular flexibility index (Phi) is 4.69. The number of benzene rings is 1. The number of carbonyl (C=O) groups is 3. The van der Waals surface area contributed by atoms with Gasteiger partial charge in [-0.25, -0.2) is 13.2 Å². The van der Waals surface area contributed by atoms with Crippen molar-refractivity contribution >= 4 is 27.7 Å². The molecule has 1 aromatic rings. The maximum atomic E-state index is 12.2. The molecular formula is C14H17N3O5S. The predicted molar refractivity (Wildman–Crippen MR) is 82.2 cm³/mol. The third-order valence-corrected chi connectivity index (χ3v) is 4.44. The van der Waals surface area contributed by atoms with E-state index >= 15 is 0 Å². The van der Waals surface area contributed by atoms with E-state index in [2.05, 4.69) is 5.32 Å². The quantitative estimate of drug-likeness (QED) is 0.684. The zero-order valence-electron chi connectivity index (χ0n) is 12.5. The van der Waals surface area contributed by atoms with E-state index in [1.165, 1.54) is 12.1 Å². The first-order valence-corrected chi connectivity index (χ1v) is 8.92. The number of primary amides is 1. The van der Waals surface area contributed by atoms with Gasteiger partial charge in [0.25, 0.3) is 5.91 Å². The van der Waals surface area contributed by atoms with E-state index in [9.17, 15) is 22.8 Å². The lowest BCUT2D eigenvalue weighted by Crippen LogP contribution is -2.32. The molecule has 2 rings (SSSR count). The SMILES string of the molecule is CS(=O)(=O)CC[C@H]1NC(=O)N(Cc2ccc(C(N)=O)cc2)C1=O. The van der Waals surface area contributed by atoms with Crippen LogP contribution in [-0.2, 0) is 21.2 Å². The maximum Gasteiger partial charge on any atom is 0.325 e. The van der Waals surface area contributed by atoms with E-state index in [1.807, 2.05) is 0 Å². The second-order valence-corrected chi connectivity index (χ2v) is 7.67. The van der Waals surface area contributed by atoms with Gasteiger partial charge < -0.3 is 11.1 Å². The fourth-order valence-corrected chi connectivity index (χ4v) is 2.88. The van der Waals surface area contributed by atoms with Crippen LogP contribution in [0.15, 0.2) is 24.3 Å². The summed E-state index contributed by atoms with van der Waals surface area (Å²) in [4.78, 5) is 36.1. The number of amides is 4. The Bertz CT molecular complexity index is 742. The van der Waals surface area contributed by atoms with Crippen LogP contribution >= 0.6 is 0 Å². The first-order valence-electron chi connectivity index (χ1n) is 6.86. The lowest BCUT2D eigenvalue weighted by Gasteiger charge is -2.13. The molecular weight excluding hydrogens is 322 g/mol. The number of nitrogens with two attached hydrogens (primary N) is 1. The van der Waals surface area contributed by atoms with Crippen LogP contribution in [0.3, 0.4) is 0 Å². The molecule has 0 aromatic heterocycles. The Morgan fingerprint density at radius 3 is 2.39 bits per heavy atom. The standard InChI is InChI=1S/C14H17N3O5S/c1-23(21,22)7-6-11-13(19)17(14(20)16-11)8-9-2-4-10(5-3-9)12(15)18/h2-5,11H,6-8H2,1H3,(H2,15,18)(H,16,20)/t11-/m1/s1. The molecule has 124 valence electrons. The van der Waals surface area contributed by atoms with Gasteiger partial charge in [0.2, 0.25) is 5.91 Å². The van der Waals surface area contributed by atoms with Crippen LogP contribution in [0.5, 0.6) is 0 Å². The van der Waals surface area contributed by atoms with Crippen molar-refractivity contribution in [2.75, 3.05) is 12.0 Å². The van der Waals surface area contributed by atoms with Crippen molar-refractivity contribution in [3.05, 3.63) is 35.4 Å². The molecule has 1 aliphatic heterocycles. The Balaban J connectivity index is 2.04. The first-order chi connectivity index (χ1) is 10.7. The number of hydrogen-bond acceptors (Lipinski definition) is 5. The van der Waals surface area contributed by atoms with E-state index in [0.717, 1.165) is 11.2 Å². The van der Waals surface area contributed by atoms with Gasteiger partial charge in [0, 0.05) is 11.8 Å². The Morgan fingerprint density at radius 2 is 1.87 bits per heavy atom. The van der Waals surface area contributed by atoms with Gasteiger partial charge in [-0.3, -0.25) is 14.5 Å². The highest BCUT2D eigenvalue weighted by atomic mass is 32.2. The molecule has 0 spiro atoms. The molecule has 3 N–H and O–H groups in total. The molecule has 0 aliphatic carbocycles. The average Bonchev–Trinajstić information content (AvgIpc) is 2.72. The number of nitrogens with one attached hydrogen (secondary N) is 1. The van der Waals surface area contributed by atoms with Gasteiger partial charge in [-0.1, -0.05) is 12.1 Å². The predicted octanol–water partition coefficient (Wildman–Crippen LogP) is -0.359. The van der Waals surface area contributed by atoms with E-state index in [-0.39, 0.29) is 18.7 Å². The molecule has 0 saturated carbocycles. The number of hydrogen-bond donors (Lipinski definition) is 2. The van der Waals surface area contributed by atoms with Crippen LogP contribution in [0.25, 0.3) is 0 Å². The highest BCUT2D eigenvalue weighted by molar-refractivity contribution is 7.90. The molecule has 1 fully saturated rings. The van der Waals surface area contributed by atoms with Crippen molar-refractivity contribution in [3.63, 3.8) is 0 Å². The molecule has 1 saturated heterocycles. The lowest BCUT2D eigenvalue weighted by atomic mass is 10.1. The van der Waals surface area contributed by atoms with E-state index in [1.54, 1.807) is 12.1 Å². The van der Waals surface area contributed by atoms with Gasteiger partial charge in [-0.2, -0.15) is 0 Å². The summed E-state index contributed by atoms with van der Waals surface area (Å²) in [5.74, 6) is -1.20. The highest BCUT2D eigenvalue weighted by Crippen LogP contribution is 2.15. The number of sulfone groups is 1. The van der Waals surface area contributed by atoms with Crippen molar-refractivity contribution in [1.82, 2.24) is 10.2 Å². The molecule has 23 heavy (non-hydrogen) atoms. The number of carbonyl (C=O) groups excluding carboxylic acids is 3. The van der Waals surface area contributed by atoms with Crippen LogP contribution in [0.4, 0.5) is 4.79 Å². The molecule has 0 bridgehead atoms. The van der Waals surface area contributed by atoms with E-state index in [0.29, 0.717) is 11.1 Å². The van der Waals surface area contributed by atoms with Crippen LogP contribution in [0.2, 0.25) is 0 Å². The van der Waals surface area contributed by atoms with Crippen molar-refractivity contribution in [1.29, 1.82) is 0 Å². The van der Waals surface area contributed by atoms with Crippen LogP contribution in [0.1, 0.15) is 22.3 Å². The molecule has 4 amide bonds. The number of urea groups is 1. The average molecular weight is 339 g/mol. The molecule has 8 nitrogen and oxygen atoms in total. The summed E-state index contributed by atoms with van der Waals surface area (Å²) in [5.41, 5.74) is 6.13. The summed E-state index contributed by atoms with van der Waals surface area (Å²) in [6.45, 7) is 0.0408. The number of nitrogens with zero attached hydrogens (tertiary/aromatic N) is 1. The Morgan fingerprint density at radius 1 is 1.26 bits per heavy atom. The summed E-state index contributed by atoms with van der Waals surface area (Å²) in [5, 5.41) is 2.48. The summed E-state index contributed by atoms with van der Waals surface area (Å²) in [6, 6.07) is 4.83. The molecule has 1 heterocycles. The highest BCUT2D eigenvalue weighted by Gasteiger charge is 2.37. The third kappa shape index (κ3) is 4.28. The summed E-state index contributed by atoms with van der Waals surface area (Å²) < 4.78 is 22.3. The smallest absolute Gasteiger partial charge is 0.325 e. The zero-order valence-corrected chi connectivity index (χ0v) is 13.3. The molecule has 1 aromatic carbocycles. The third-order valence-electron chi connectivity index (χ3n) is 3.46. The fourth-order valence-electron chi connectivity index (χ4n) is 2.21. The van der Waals surface area contributed by atoms with Gasteiger partial charge in [0.15, 0.2) is 0 Å². The molecule has 0 radical (unpaired) electrons. The minimum absolute atomic E-state index is 0.0408. The van der Waals surface area contributed by atoms with E-state index in [4.69, 9.17) is 5.73 Å². The Labute approximate surface area is 133 Å². The van der Waals surface area contributed by atoms with Crippen molar-refractivity contribution in [2.24, 2.45) is 5.73 Å². The number of imide groups is 1. The second-order valence-electron chi connectivity index (χ2n) is 5.41. The second kappa shape index (κ2) is 6.37. The summed E-state index contributed by atoms with van der Waals surface area (Å²) in [7, 11) is -3.21. The van der Waals surface area contributed by atoms with Gasteiger partial charge in [0.1, 0.15) is 15.9 Å². The van der Waals surface area contributed by atoms with Gasteiger partial charge >= 0.3 is 6.03 Å². The molecule has 1 aliphatic rings. The van der Waals surface area contributed by atoms with Gasteiger partial charge in [0.05, 0.1) is 12.3 Å². The Hall–Kier alpha value is -2.42. The minimum atomic E-state index is -3.21. The van der Waals surface area contributed by atoms with Crippen LogP contribution < -0.4 is 11.1 Å². The summed E-state index contributed by atoms with van der Waals surface area (Å²) >= 11 is 0. The lowest BCUT2D eigenvalue weighted by molar-refractivity contribution is -0.127. The zero-order chi connectivity index (χ0) is 17.2. The monoisotopic (exact) mass is 339 g/mol. The van der Waals surface area contributed by atoms with E-state index < -0.39 is 33.7 Å². The van der Waals surface area contributed by atoms with Gasteiger partial charge in [-0.15, -0.1) is 0 Å². The first kappa shape index (κ1) is 16.9. The molecule has 0 unspecified atom stereocenters. The fraction of sp³-hybridized carbons (Fsp3) is 0.357. The minimum Gasteiger partial charge on any atom is -0.366 e.